The van der Waals surface area contributed by atoms with E-state index in [4.69, 9.17) is 10.5 Å². The van der Waals surface area contributed by atoms with E-state index >= 15 is 0 Å². The maximum Gasteiger partial charge on any atom is 0.135 e. The van der Waals surface area contributed by atoms with Crippen LogP contribution in [0.5, 0.6) is 5.75 Å². The van der Waals surface area contributed by atoms with Crippen molar-refractivity contribution < 1.29 is 4.74 Å². The number of nitrogens with zero attached hydrogens (tertiary/aromatic N) is 2. The molecule has 0 spiro atoms. The van der Waals surface area contributed by atoms with Gasteiger partial charge in [-0.2, -0.15) is 0 Å². The van der Waals surface area contributed by atoms with E-state index in [-0.39, 0.29) is 0 Å². The average Bonchev–Trinajstić information content (AvgIpc) is 2.68. The molecule has 0 amide bonds. The van der Waals surface area contributed by atoms with E-state index in [1.165, 1.54) is 0 Å². The standard InChI is InChI=1S/C11H15N3O/c1-15-10-5-4-9-7-13-11(3-2-6-12)14(9)8-10/h4-5,7-8H,2-3,6,12H2,1H3. The molecule has 0 aliphatic carbocycles. The summed E-state index contributed by atoms with van der Waals surface area (Å²) in [7, 11) is 1.66. The molecule has 0 atom stereocenters. The molecule has 2 N–H and O–H groups in total. The lowest BCUT2D eigenvalue weighted by atomic mass is 10.3. The first kappa shape index (κ1) is 9.98. The molecule has 0 bridgehead atoms. The van der Waals surface area contributed by atoms with Crippen LogP contribution in [0.1, 0.15) is 12.2 Å². The van der Waals surface area contributed by atoms with Gasteiger partial charge in [-0.1, -0.05) is 0 Å². The maximum atomic E-state index is 5.48. The lowest BCUT2D eigenvalue weighted by Gasteiger charge is -2.03. The van der Waals surface area contributed by atoms with Crippen LogP contribution in [0.25, 0.3) is 5.52 Å². The third-order valence-electron chi connectivity index (χ3n) is 2.42. The van der Waals surface area contributed by atoms with E-state index in [0.29, 0.717) is 6.54 Å². The van der Waals surface area contributed by atoms with Crippen molar-refractivity contribution in [2.75, 3.05) is 13.7 Å². The van der Waals surface area contributed by atoms with E-state index in [1.807, 2.05) is 24.5 Å². The molecule has 4 heteroatoms. The van der Waals surface area contributed by atoms with Gasteiger partial charge >= 0.3 is 0 Å². The number of aromatic nitrogens is 2. The Labute approximate surface area is 88.7 Å². The topological polar surface area (TPSA) is 52.5 Å². The molecule has 0 saturated carbocycles. The Hall–Kier alpha value is -1.55. The number of hydrogen-bond donors (Lipinski definition) is 1. The highest BCUT2D eigenvalue weighted by atomic mass is 16.5. The Balaban J connectivity index is 2.38. The van der Waals surface area contributed by atoms with Crippen molar-refractivity contribution in [1.29, 1.82) is 0 Å². The van der Waals surface area contributed by atoms with Gasteiger partial charge in [-0.15, -0.1) is 0 Å². The summed E-state index contributed by atoms with van der Waals surface area (Å²) in [4.78, 5) is 4.36. The summed E-state index contributed by atoms with van der Waals surface area (Å²) < 4.78 is 7.23. The quantitative estimate of drug-likeness (QED) is 0.816. The molecule has 0 saturated heterocycles. The Morgan fingerprint density at radius 3 is 3.07 bits per heavy atom. The fourth-order valence-corrected chi connectivity index (χ4v) is 1.59. The fourth-order valence-electron chi connectivity index (χ4n) is 1.59. The molecular weight excluding hydrogens is 190 g/mol. The van der Waals surface area contributed by atoms with Crippen LogP contribution < -0.4 is 10.5 Å². The summed E-state index contributed by atoms with van der Waals surface area (Å²) in [5.41, 5.74) is 6.57. The number of nitrogens with two attached hydrogens (primary N) is 1. The zero-order valence-corrected chi connectivity index (χ0v) is 8.81. The number of pyridine rings is 1. The van der Waals surface area contributed by atoms with Crippen molar-refractivity contribution in [3.05, 3.63) is 30.4 Å². The van der Waals surface area contributed by atoms with Crippen molar-refractivity contribution in [3.63, 3.8) is 0 Å². The predicted molar refractivity (Wildman–Crippen MR) is 59.1 cm³/mol. The van der Waals surface area contributed by atoms with Crippen LogP contribution in [0, 0.1) is 0 Å². The third kappa shape index (κ3) is 1.94. The predicted octanol–water partition coefficient (Wildman–Crippen LogP) is 1.23. The highest BCUT2D eigenvalue weighted by molar-refractivity contribution is 5.48. The summed E-state index contributed by atoms with van der Waals surface area (Å²) in [5.74, 6) is 1.88. The Morgan fingerprint density at radius 2 is 2.33 bits per heavy atom. The zero-order chi connectivity index (χ0) is 10.7. The smallest absolute Gasteiger partial charge is 0.135 e. The van der Waals surface area contributed by atoms with Crippen LogP contribution in [0.4, 0.5) is 0 Å². The Bertz CT molecular complexity index is 450. The van der Waals surface area contributed by atoms with Gasteiger partial charge in [0, 0.05) is 6.42 Å². The summed E-state index contributed by atoms with van der Waals surface area (Å²) in [6.45, 7) is 0.693. The first-order valence-corrected chi connectivity index (χ1v) is 5.05. The van der Waals surface area contributed by atoms with Crippen molar-refractivity contribution in [2.24, 2.45) is 5.73 Å². The number of methoxy groups -OCH3 is 1. The number of aryl methyl sites for hydroxylation is 1. The lowest BCUT2D eigenvalue weighted by molar-refractivity contribution is 0.412. The molecule has 15 heavy (non-hydrogen) atoms. The van der Waals surface area contributed by atoms with Crippen molar-refractivity contribution in [3.8, 4) is 5.75 Å². The SMILES string of the molecule is COc1ccc2cnc(CCCN)n2c1. The minimum absolute atomic E-state index is 0.693. The number of imidazole rings is 1. The van der Waals surface area contributed by atoms with Gasteiger partial charge in [0.25, 0.3) is 0 Å². The molecule has 0 radical (unpaired) electrons. The van der Waals surface area contributed by atoms with Crippen molar-refractivity contribution in [2.45, 2.75) is 12.8 Å². The number of rotatable bonds is 4. The highest BCUT2D eigenvalue weighted by Crippen LogP contribution is 2.15. The minimum atomic E-state index is 0.693. The second kappa shape index (κ2) is 4.31. The van der Waals surface area contributed by atoms with Crippen LogP contribution in [0.2, 0.25) is 0 Å². The van der Waals surface area contributed by atoms with Crippen molar-refractivity contribution in [1.82, 2.24) is 9.38 Å². The normalized spacial score (nSPS) is 10.8. The number of ether oxygens (including phenoxy) is 1. The molecule has 0 fully saturated rings. The summed E-state index contributed by atoms with van der Waals surface area (Å²) in [5, 5.41) is 0. The first-order chi connectivity index (χ1) is 7.35. The van der Waals surface area contributed by atoms with Gasteiger partial charge < -0.3 is 14.9 Å². The molecule has 0 aliphatic heterocycles. The van der Waals surface area contributed by atoms with Gasteiger partial charge in [0.1, 0.15) is 11.6 Å². The second-order valence-electron chi connectivity index (χ2n) is 3.43. The summed E-state index contributed by atoms with van der Waals surface area (Å²) >= 11 is 0. The number of hydrogen-bond acceptors (Lipinski definition) is 3. The molecule has 2 aromatic heterocycles. The molecule has 0 aromatic carbocycles. The van der Waals surface area contributed by atoms with Gasteiger partial charge in [0.15, 0.2) is 0 Å². The molecule has 2 heterocycles. The van der Waals surface area contributed by atoms with Crippen LogP contribution in [-0.2, 0) is 6.42 Å². The van der Waals surface area contributed by atoms with E-state index in [1.54, 1.807) is 7.11 Å². The number of fused-ring (bicyclic) bond motifs is 1. The molecule has 2 rings (SSSR count). The Kier molecular flexibility index (Phi) is 2.87. The van der Waals surface area contributed by atoms with E-state index < -0.39 is 0 Å². The Morgan fingerprint density at radius 1 is 1.47 bits per heavy atom. The van der Waals surface area contributed by atoms with Crippen LogP contribution in [0.15, 0.2) is 24.5 Å². The van der Waals surface area contributed by atoms with E-state index in [9.17, 15) is 0 Å². The maximum absolute atomic E-state index is 5.48. The minimum Gasteiger partial charge on any atom is -0.495 e. The second-order valence-corrected chi connectivity index (χ2v) is 3.43. The molecule has 4 nitrogen and oxygen atoms in total. The van der Waals surface area contributed by atoms with Gasteiger partial charge in [0.05, 0.1) is 25.0 Å². The molecule has 0 unspecified atom stereocenters. The summed E-state index contributed by atoms with van der Waals surface area (Å²) in [6.07, 6.45) is 5.67. The average molecular weight is 205 g/mol. The van der Waals surface area contributed by atoms with Gasteiger partial charge in [-0.25, -0.2) is 4.98 Å². The van der Waals surface area contributed by atoms with Crippen LogP contribution >= 0.6 is 0 Å². The largest absolute Gasteiger partial charge is 0.495 e. The van der Waals surface area contributed by atoms with Crippen LogP contribution in [0.3, 0.4) is 0 Å². The van der Waals surface area contributed by atoms with Crippen molar-refractivity contribution >= 4 is 5.52 Å². The third-order valence-corrected chi connectivity index (χ3v) is 2.42. The van der Waals surface area contributed by atoms with Gasteiger partial charge in [-0.05, 0) is 25.1 Å². The van der Waals surface area contributed by atoms with Gasteiger partial charge in [-0.3, -0.25) is 0 Å². The molecule has 0 aliphatic rings. The molecule has 80 valence electrons. The van der Waals surface area contributed by atoms with E-state index in [0.717, 1.165) is 29.9 Å². The van der Waals surface area contributed by atoms with Gasteiger partial charge in [0.2, 0.25) is 0 Å². The fraction of sp³-hybridized carbons (Fsp3) is 0.364. The van der Waals surface area contributed by atoms with Crippen LogP contribution in [-0.4, -0.2) is 23.0 Å². The molecule has 2 aromatic rings. The summed E-state index contributed by atoms with van der Waals surface area (Å²) in [6, 6.07) is 3.93. The zero-order valence-electron chi connectivity index (χ0n) is 8.81. The highest BCUT2D eigenvalue weighted by Gasteiger charge is 2.03. The molecular formula is C11H15N3O. The lowest BCUT2D eigenvalue weighted by Crippen LogP contribution is -2.03. The van der Waals surface area contributed by atoms with E-state index in [2.05, 4.69) is 9.38 Å². The monoisotopic (exact) mass is 205 g/mol. The first-order valence-electron chi connectivity index (χ1n) is 5.05.